The summed E-state index contributed by atoms with van der Waals surface area (Å²) in [5.74, 6) is 4.40. The maximum absolute atomic E-state index is 11.7. The number of carbonyl (C=O) groups excluding carboxylic acids is 3. The molecule has 0 spiro atoms. The predicted molar refractivity (Wildman–Crippen MR) is 60.0 cm³/mol. The maximum Gasteiger partial charge on any atom is 0.327 e. The summed E-state index contributed by atoms with van der Waals surface area (Å²) in [5.41, 5.74) is 2.03. The molecule has 0 aliphatic carbocycles. The zero-order valence-electron chi connectivity index (χ0n) is 10.1. The van der Waals surface area contributed by atoms with Gasteiger partial charge in [0, 0.05) is 7.05 Å². The van der Waals surface area contributed by atoms with Gasteiger partial charge in [-0.1, -0.05) is 0 Å². The van der Waals surface area contributed by atoms with Gasteiger partial charge in [-0.25, -0.2) is 10.6 Å². The molecule has 0 aromatic rings. The Hall–Kier alpha value is -1.67. The van der Waals surface area contributed by atoms with Crippen LogP contribution in [0.3, 0.4) is 0 Å². The normalized spacial score (nSPS) is 28.1. The number of imide groups is 1. The van der Waals surface area contributed by atoms with Crippen molar-refractivity contribution >= 4 is 17.8 Å². The number of hydrogen-bond acceptors (Lipinski definition) is 5. The topological polar surface area (TPSA) is 105 Å². The number of amides is 4. The minimum Gasteiger partial charge on any atom is -0.363 e. The Bertz CT molecular complexity index is 386. The highest BCUT2D eigenvalue weighted by Crippen LogP contribution is 2.22. The van der Waals surface area contributed by atoms with Gasteiger partial charge in [0.25, 0.3) is 5.91 Å². The molecule has 2 atom stereocenters. The zero-order valence-corrected chi connectivity index (χ0v) is 10.1. The first-order valence-corrected chi connectivity index (χ1v) is 5.74. The van der Waals surface area contributed by atoms with Gasteiger partial charge in [0.05, 0.1) is 12.6 Å². The van der Waals surface area contributed by atoms with Gasteiger partial charge in [-0.3, -0.25) is 19.9 Å². The van der Waals surface area contributed by atoms with E-state index in [0.717, 1.165) is 4.90 Å². The van der Waals surface area contributed by atoms with E-state index in [4.69, 9.17) is 10.6 Å². The van der Waals surface area contributed by atoms with Gasteiger partial charge < -0.3 is 9.64 Å². The third-order valence-electron chi connectivity index (χ3n) is 3.16. The summed E-state index contributed by atoms with van der Waals surface area (Å²) < 4.78 is 5.45. The third-order valence-corrected chi connectivity index (χ3v) is 3.16. The molecule has 0 aromatic heterocycles. The number of nitrogens with zero attached hydrogens (tertiary/aromatic N) is 2. The molecule has 2 aliphatic rings. The van der Waals surface area contributed by atoms with Gasteiger partial charge in [-0.05, 0) is 12.8 Å². The standard InChI is InChI=1S/C10H16N4O4/c1-13-5-8(15)14(10(13)17)4-6-2-3-7(18-6)9(16)12-11/h6-7H,2-5,11H2,1H3,(H,12,16). The summed E-state index contributed by atoms with van der Waals surface area (Å²) in [4.78, 5) is 37.0. The molecule has 4 amide bonds. The molecular formula is C10H16N4O4. The van der Waals surface area contributed by atoms with Gasteiger partial charge in [0.1, 0.15) is 12.6 Å². The van der Waals surface area contributed by atoms with E-state index < -0.39 is 6.10 Å². The second kappa shape index (κ2) is 4.91. The monoisotopic (exact) mass is 256 g/mol. The zero-order chi connectivity index (χ0) is 13.3. The molecule has 2 saturated heterocycles. The van der Waals surface area contributed by atoms with Crippen LogP contribution in [0.1, 0.15) is 12.8 Å². The highest BCUT2D eigenvalue weighted by atomic mass is 16.5. The number of ether oxygens (including phenoxy) is 1. The number of likely N-dealkylation sites (N-methyl/N-ethyl adjacent to an activating group) is 1. The van der Waals surface area contributed by atoms with E-state index >= 15 is 0 Å². The quantitative estimate of drug-likeness (QED) is 0.274. The Balaban J connectivity index is 1.90. The molecule has 0 aromatic carbocycles. The molecule has 0 radical (unpaired) electrons. The van der Waals surface area contributed by atoms with Crippen LogP contribution < -0.4 is 11.3 Å². The van der Waals surface area contributed by atoms with Crippen molar-refractivity contribution < 1.29 is 19.1 Å². The minimum absolute atomic E-state index is 0.0955. The van der Waals surface area contributed by atoms with E-state index in [0.29, 0.717) is 12.8 Å². The second-order valence-electron chi connectivity index (χ2n) is 4.48. The van der Waals surface area contributed by atoms with Crippen molar-refractivity contribution in [1.29, 1.82) is 0 Å². The second-order valence-corrected chi connectivity index (χ2v) is 4.48. The molecule has 2 heterocycles. The Kier molecular flexibility index (Phi) is 3.48. The van der Waals surface area contributed by atoms with Crippen molar-refractivity contribution in [2.24, 2.45) is 5.84 Å². The first-order chi connectivity index (χ1) is 8.52. The SMILES string of the molecule is CN1CC(=O)N(CC2CCC(C(=O)NN)O2)C1=O. The van der Waals surface area contributed by atoms with E-state index in [9.17, 15) is 14.4 Å². The molecule has 3 N–H and O–H groups in total. The lowest BCUT2D eigenvalue weighted by molar-refractivity contribution is -0.133. The van der Waals surface area contributed by atoms with Crippen molar-refractivity contribution in [2.75, 3.05) is 20.1 Å². The largest absolute Gasteiger partial charge is 0.363 e. The molecule has 100 valence electrons. The fourth-order valence-corrected chi connectivity index (χ4v) is 2.18. The van der Waals surface area contributed by atoms with Gasteiger partial charge >= 0.3 is 6.03 Å². The van der Waals surface area contributed by atoms with E-state index in [2.05, 4.69) is 0 Å². The lowest BCUT2D eigenvalue weighted by Gasteiger charge is -2.19. The highest BCUT2D eigenvalue weighted by molar-refractivity contribution is 6.01. The van der Waals surface area contributed by atoms with Crippen LogP contribution in [0.4, 0.5) is 4.79 Å². The molecule has 8 heteroatoms. The van der Waals surface area contributed by atoms with Crippen LogP contribution in [0.25, 0.3) is 0 Å². The Morgan fingerprint density at radius 3 is 2.78 bits per heavy atom. The summed E-state index contributed by atoms with van der Waals surface area (Å²) >= 11 is 0. The van der Waals surface area contributed by atoms with Crippen LogP contribution in [0.5, 0.6) is 0 Å². The summed E-state index contributed by atoms with van der Waals surface area (Å²) in [6.45, 7) is 0.286. The number of hydrazine groups is 1. The summed E-state index contributed by atoms with van der Waals surface area (Å²) in [7, 11) is 1.57. The lowest BCUT2D eigenvalue weighted by atomic mass is 10.2. The first kappa shape index (κ1) is 12.8. The molecule has 0 saturated carbocycles. The van der Waals surface area contributed by atoms with Crippen LogP contribution in [0.2, 0.25) is 0 Å². The number of nitrogens with one attached hydrogen (secondary N) is 1. The number of urea groups is 1. The summed E-state index contributed by atoms with van der Waals surface area (Å²) in [6, 6.07) is -0.324. The molecule has 18 heavy (non-hydrogen) atoms. The number of carbonyl (C=O) groups is 3. The fourth-order valence-electron chi connectivity index (χ4n) is 2.18. The third kappa shape index (κ3) is 2.29. The van der Waals surface area contributed by atoms with Crippen molar-refractivity contribution in [1.82, 2.24) is 15.2 Å². The van der Waals surface area contributed by atoms with Gasteiger partial charge in [0.2, 0.25) is 5.91 Å². The van der Waals surface area contributed by atoms with Crippen LogP contribution in [-0.4, -0.2) is 60.0 Å². The number of rotatable bonds is 3. The van der Waals surface area contributed by atoms with E-state index in [1.807, 2.05) is 5.43 Å². The Morgan fingerprint density at radius 1 is 1.50 bits per heavy atom. The molecule has 0 bridgehead atoms. The van der Waals surface area contributed by atoms with E-state index in [1.165, 1.54) is 4.90 Å². The molecule has 2 aliphatic heterocycles. The van der Waals surface area contributed by atoms with Crippen LogP contribution >= 0.6 is 0 Å². The maximum atomic E-state index is 11.7. The van der Waals surface area contributed by atoms with Crippen molar-refractivity contribution in [3.8, 4) is 0 Å². The molecule has 2 unspecified atom stereocenters. The van der Waals surface area contributed by atoms with Crippen LogP contribution in [-0.2, 0) is 14.3 Å². The average molecular weight is 256 g/mol. The van der Waals surface area contributed by atoms with E-state index in [1.54, 1.807) is 7.05 Å². The van der Waals surface area contributed by atoms with Crippen molar-refractivity contribution in [3.63, 3.8) is 0 Å². The van der Waals surface area contributed by atoms with Gasteiger partial charge in [-0.2, -0.15) is 0 Å². The molecule has 8 nitrogen and oxygen atoms in total. The number of hydrogen-bond donors (Lipinski definition) is 2. The predicted octanol–water partition coefficient (Wildman–Crippen LogP) is -1.58. The van der Waals surface area contributed by atoms with Crippen molar-refractivity contribution in [3.05, 3.63) is 0 Å². The van der Waals surface area contributed by atoms with E-state index in [-0.39, 0.29) is 37.0 Å². The van der Waals surface area contributed by atoms with Gasteiger partial charge in [0.15, 0.2) is 0 Å². The number of nitrogens with two attached hydrogens (primary N) is 1. The molecular weight excluding hydrogens is 240 g/mol. The lowest BCUT2D eigenvalue weighted by Crippen LogP contribution is -2.41. The highest BCUT2D eigenvalue weighted by Gasteiger charge is 2.38. The van der Waals surface area contributed by atoms with Gasteiger partial charge in [-0.15, -0.1) is 0 Å². The molecule has 2 fully saturated rings. The fraction of sp³-hybridized carbons (Fsp3) is 0.700. The Morgan fingerprint density at radius 2 is 2.22 bits per heavy atom. The minimum atomic E-state index is -0.592. The first-order valence-electron chi connectivity index (χ1n) is 5.74. The van der Waals surface area contributed by atoms with Crippen LogP contribution in [0, 0.1) is 0 Å². The Labute approximate surface area is 104 Å². The molecule has 2 rings (SSSR count). The van der Waals surface area contributed by atoms with Crippen LogP contribution in [0.15, 0.2) is 0 Å². The summed E-state index contributed by atoms with van der Waals surface area (Å²) in [6.07, 6.45) is 0.274. The van der Waals surface area contributed by atoms with Crippen molar-refractivity contribution in [2.45, 2.75) is 25.0 Å². The average Bonchev–Trinajstić information content (AvgIpc) is 2.90. The smallest absolute Gasteiger partial charge is 0.327 e. The summed E-state index contributed by atoms with van der Waals surface area (Å²) in [5, 5.41) is 0.